The Morgan fingerprint density at radius 3 is 2.42 bits per heavy atom. The maximum Gasteiger partial charge on any atom is 0.319 e. The molecular formula is C15H17F2N5O2. The van der Waals surface area contributed by atoms with E-state index in [1.807, 2.05) is 6.20 Å². The van der Waals surface area contributed by atoms with Crippen LogP contribution in [0.1, 0.15) is 12.5 Å². The van der Waals surface area contributed by atoms with Crippen molar-refractivity contribution < 1.29 is 18.4 Å². The molecule has 0 saturated heterocycles. The van der Waals surface area contributed by atoms with E-state index in [4.69, 9.17) is 0 Å². The molecule has 1 heterocycles. The summed E-state index contributed by atoms with van der Waals surface area (Å²) in [6.45, 7) is 1.51. The first-order chi connectivity index (χ1) is 11.3. The van der Waals surface area contributed by atoms with E-state index in [1.165, 1.54) is 6.92 Å². The molecule has 1 aromatic heterocycles. The molecule has 0 fully saturated rings. The van der Waals surface area contributed by atoms with Gasteiger partial charge in [-0.3, -0.25) is 9.48 Å². The molecule has 128 valence electrons. The quantitative estimate of drug-likeness (QED) is 0.780. The van der Waals surface area contributed by atoms with E-state index in [2.05, 4.69) is 21.0 Å². The second-order valence-electron chi connectivity index (χ2n) is 5.15. The minimum absolute atomic E-state index is 0.213. The minimum Gasteiger partial charge on any atom is -0.338 e. The number of nitrogens with one attached hydrogen (secondary N) is 3. The largest absolute Gasteiger partial charge is 0.338 e. The summed E-state index contributed by atoms with van der Waals surface area (Å²) in [5.41, 5.74) is 0.493. The third-order valence-electron chi connectivity index (χ3n) is 3.07. The Morgan fingerprint density at radius 2 is 1.83 bits per heavy atom. The van der Waals surface area contributed by atoms with Gasteiger partial charge in [0.2, 0.25) is 5.91 Å². The van der Waals surface area contributed by atoms with Gasteiger partial charge in [0.05, 0.1) is 17.6 Å². The van der Waals surface area contributed by atoms with Gasteiger partial charge in [-0.25, -0.2) is 13.6 Å². The van der Waals surface area contributed by atoms with Crippen molar-refractivity contribution in [3.63, 3.8) is 0 Å². The third kappa shape index (κ3) is 4.77. The van der Waals surface area contributed by atoms with Crippen molar-refractivity contribution >= 4 is 23.3 Å². The molecule has 3 N–H and O–H groups in total. The fourth-order valence-electron chi connectivity index (χ4n) is 2.02. The van der Waals surface area contributed by atoms with Gasteiger partial charge in [-0.2, -0.15) is 5.10 Å². The number of hydrogen-bond donors (Lipinski definition) is 3. The molecule has 2 aromatic rings. The molecule has 3 amide bonds. The van der Waals surface area contributed by atoms with E-state index in [0.29, 0.717) is 19.0 Å². The first kappa shape index (κ1) is 17.4. The standard InChI is InChI=1S/C15H17F2N5O2/c1-9(23)20-13-6-14(12(17)5-11(13)16)21-15(24)18-4-3-10-7-19-22(2)8-10/h5-8H,3-4H2,1-2H3,(H,20,23)(H2,18,21,24). The molecule has 0 atom stereocenters. The fourth-order valence-corrected chi connectivity index (χ4v) is 2.02. The van der Waals surface area contributed by atoms with Crippen LogP contribution in [-0.2, 0) is 18.3 Å². The predicted octanol–water partition coefficient (Wildman–Crippen LogP) is 2.02. The number of hydrogen-bond acceptors (Lipinski definition) is 3. The van der Waals surface area contributed by atoms with Crippen LogP contribution in [0.5, 0.6) is 0 Å². The number of aryl methyl sites for hydroxylation is 1. The lowest BCUT2D eigenvalue weighted by atomic mass is 10.2. The molecule has 0 saturated carbocycles. The average Bonchev–Trinajstić information content (AvgIpc) is 2.89. The van der Waals surface area contributed by atoms with Crippen LogP contribution in [0.4, 0.5) is 25.0 Å². The van der Waals surface area contributed by atoms with E-state index in [0.717, 1.165) is 11.6 Å². The number of halogens is 2. The summed E-state index contributed by atoms with van der Waals surface area (Å²) in [4.78, 5) is 22.8. The molecule has 0 bridgehead atoms. The van der Waals surface area contributed by atoms with Crippen molar-refractivity contribution in [1.82, 2.24) is 15.1 Å². The number of urea groups is 1. The van der Waals surface area contributed by atoms with E-state index in [9.17, 15) is 18.4 Å². The number of nitrogens with zero attached hydrogens (tertiary/aromatic N) is 2. The zero-order chi connectivity index (χ0) is 17.7. The van der Waals surface area contributed by atoms with Crippen molar-refractivity contribution in [2.45, 2.75) is 13.3 Å². The second kappa shape index (κ2) is 7.53. The van der Waals surface area contributed by atoms with Gasteiger partial charge in [-0.1, -0.05) is 0 Å². The van der Waals surface area contributed by atoms with Crippen LogP contribution in [-0.4, -0.2) is 28.3 Å². The van der Waals surface area contributed by atoms with Crippen LogP contribution in [0.2, 0.25) is 0 Å². The van der Waals surface area contributed by atoms with Crippen LogP contribution in [0.3, 0.4) is 0 Å². The molecule has 0 radical (unpaired) electrons. The van der Waals surface area contributed by atoms with Gasteiger partial charge in [-0.05, 0) is 18.1 Å². The smallest absolute Gasteiger partial charge is 0.319 e. The Balaban J connectivity index is 1.94. The lowest BCUT2D eigenvalue weighted by molar-refractivity contribution is -0.114. The van der Waals surface area contributed by atoms with Crippen LogP contribution >= 0.6 is 0 Å². The van der Waals surface area contributed by atoms with Gasteiger partial charge in [0.15, 0.2) is 0 Å². The summed E-state index contributed by atoms with van der Waals surface area (Å²) in [6, 6.07) is 0.974. The van der Waals surface area contributed by atoms with E-state index in [1.54, 1.807) is 17.9 Å². The number of amides is 3. The number of anilines is 2. The molecule has 0 aliphatic rings. The summed E-state index contributed by atoms with van der Waals surface area (Å²) in [5.74, 6) is -2.37. The molecule has 24 heavy (non-hydrogen) atoms. The highest BCUT2D eigenvalue weighted by molar-refractivity contribution is 5.92. The molecule has 0 aliphatic heterocycles. The molecular weight excluding hydrogens is 320 g/mol. The molecule has 0 unspecified atom stereocenters. The SMILES string of the molecule is CC(=O)Nc1cc(NC(=O)NCCc2cnn(C)c2)c(F)cc1F. The first-order valence-electron chi connectivity index (χ1n) is 7.14. The van der Waals surface area contributed by atoms with Crippen LogP contribution in [0, 0.1) is 11.6 Å². The number of carbonyl (C=O) groups is 2. The van der Waals surface area contributed by atoms with Gasteiger partial charge in [0.25, 0.3) is 0 Å². The predicted molar refractivity (Wildman–Crippen MR) is 84.6 cm³/mol. The van der Waals surface area contributed by atoms with Crippen molar-refractivity contribution in [2.24, 2.45) is 7.05 Å². The summed E-state index contributed by atoms with van der Waals surface area (Å²) in [7, 11) is 1.79. The van der Waals surface area contributed by atoms with Gasteiger partial charge < -0.3 is 16.0 Å². The van der Waals surface area contributed by atoms with Crippen molar-refractivity contribution in [1.29, 1.82) is 0 Å². The zero-order valence-corrected chi connectivity index (χ0v) is 13.2. The lowest BCUT2D eigenvalue weighted by Gasteiger charge is -2.11. The monoisotopic (exact) mass is 337 g/mol. The Labute approximate surface area is 137 Å². The Kier molecular flexibility index (Phi) is 5.46. The summed E-state index contributed by atoms with van der Waals surface area (Å²) < 4.78 is 28.9. The normalized spacial score (nSPS) is 10.3. The van der Waals surface area contributed by atoms with Gasteiger partial charge in [-0.15, -0.1) is 0 Å². The molecule has 0 aliphatic carbocycles. The second-order valence-corrected chi connectivity index (χ2v) is 5.15. The third-order valence-corrected chi connectivity index (χ3v) is 3.07. The maximum atomic E-state index is 13.7. The van der Waals surface area contributed by atoms with Gasteiger partial charge in [0.1, 0.15) is 11.6 Å². The van der Waals surface area contributed by atoms with Crippen LogP contribution in [0.15, 0.2) is 24.5 Å². The van der Waals surface area contributed by atoms with Crippen LogP contribution in [0.25, 0.3) is 0 Å². The number of carbonyl (C=O) groups excluding carboxylic acids is 2. The average molecular weight is 337 g/mol. The Morgan fingerprint density at radius 1 is 1.17 bits per heavy atom. The molecule has 2 rings (SSSR count). The fraction of sp³-hybridized carbons (Fsp3) is 0.267. The summed E-state index contributed by atoms with van der Waals surface area (Å²) >= 11 is 0. The summed E-state index contributed by atoms with van der Waals surface area (Å²) in [5, 5.41) is 11.1. The molecule has 0 spiro atoms. The van der Waals surface area contributed by atoms with Gasteiger partial charge in [0, 0.05) is 32.8 Å². The highest BCUT2D eigenvalue weighted by Gasteiger charge is 2.13. The molecule has 1 aromatic carbocycles. The topological polar surface area (TPSA) is 88.1 Å². The Bertz CT molecular complexity index is 760. The summed E-state index contributed by atoms with van der Waals surface area (Å²) in [6.07, 6.45) is 4.06. The number of rotatable bonds is 5. The zero-order valence-electron chi connectivity index (χ0n) is 13.2. The van der Waals surface area contributed by atoms with Gasteiger partial charge >= 0.3 is 6.03 Å². The van der Waals surface area contributed by atoms with E-state index >= 15 is 0 Å². The number of aromatic nitrogens is 2. The van der Waals surface area contributed by atoms with E-state index < -0.39 is 23.6 Å². The number of benzene rings is 1. The van der Waals surface area contributed by atoms with Crippen molar-refractivity contribution in [3.05, 3.63) is 41.7 Å². The Hall–Kier alpha value is -2.97. The maximum absolute atomic E-state index is 13.7. The minimum atomic E-state index is -0.941. The van der Waals surface area contributed by atoms with Crippen molar-refractivity contribution in [3.8, 4) is 0 Å². The highest BCUT2D eigenvalue weighted by Crippen LogP contribution is 2.23. The highest BCUT2D eigenvalue weighted by atomic mass is 19.1. The van der Waals surface area contributed by atoms with Crippen LogP contribution < -0.4 is 16.0 Å². The lowest BCUT2D eigenvalue weighted by Crippen LogP contribution is -2.30. The first-order valence-corrected chi connectivity index (χ1v) is 7.14. The van der Waals surface area contributed by atoms with Crippen molar-refractivity contribution in [2.75, 3.05) is 17.2 Å². The molecule has 9 heteroatoms. The van der Waals surface area contributed by atoms with E-state index in [-0.39, 0.29) is 11.4 Å². The molecule has 7 nitrogen and oxygen atoms in total.